The van der Waals surface area contributed by atoms with E-state index in [-0.39, 0.29) is 23.2 Å². The highest BCUT2D eigenvalue weighted by Gasteiger charge is 2.35. The highest BCUT2D eigenvalue weighted by atomic mass is 35.5. The molecule has 0 bridgehead atoms. The molecule has 0 amide bonds. The number of rotatable bonds is 6. The van der Waals surface area contributed by atoms with E-state index < -0.39 is 16.8 Å². The van der Waals surface area contributed by atoms with Crippen LogP contribution in [0.15, 0.2) is 47.3 Å². The largest absolute Gasteiger partial charge is 0.423 e. The first kappa shape index (κ1) is 23.1. The van der Waals surface area contributed by atoms with Gasteiger partial charge < -0.3 is 9.32 Å². The maximum atomic E-state index is 13.3. The van der Waals surface area contributed by atoms with Gasteiger partial charge in [-0.15, -0.1) is 0 Å². The van der Waals surface area contributed by atoms with Gasteiger partial charge in [-0.05, 0) is 43.9 Å². The van der Waals surface area contributed by atoms with Crippen LogP contribution in [0.1, 0.15) is 42.6 Å². The summed E-state index contributed by atoms with van der Waals surface area (Å²) in [6, 6.07) is 7.22. The Balaban J connectivity index is 1.56. The third-order valence-electron chi connectivity index (χ3n) is 5.89. The van der Waals surface area contributed by atoms with Crippen molar-refractivity contribution in [1.29, 1.82) is 5.26 Å². The summed E-state index contributed by atoms with van der Waals surface area (Å²) < 4.78 is 45.9. The molecule has 0 saturated heterocycles. The van der Waals surface area contributed by atoms with Crippen LogP contribution >= 0.6 is 11.6 Å². The highest BCUT2D eigenvalue weighted by Crippen LogP contribution is 2.40. The number of alkyl halides is 3. The van der Waals surface area contributed by atoms with Crippen LogP contribution in [-0.4, -0.2) is 26.5 Å². The molecule has 7 nitrogen and oxygen atoms in total. The van der Waals surface area contributed by atoms with E-state index in [0.29, 0.717) is 35.1 Å². The molecule has 0 aliphatic heterocycles. The third kappa shape index (κ3) is 4.64. The number of oxazole rings is 1. The number of pyridine rings is 1. The van der Waals surface area contributed by atoms with Crippen molar-refractivity contribution in [2.75, 3.05) is 11.4 Å². The van der Waals surface area contributed by atoms with E-state index in [1.54, 1.807) is 24.5 Å². The molecule has 0 spiro atoms. The van der Waals surface area contributed by atoms with Crippen molar-refractivity contribution in [3.05, 3.63) is 64.7 Å². The zero-order valence-corrected chi connectivity index (χ0v) is 19.2. The van der Waals surface area contributed by atoms with Crippen LogP contribution in [0.25, 0.3) is 22.5 Å². The quantitative estimate of drug-likeness (QED) is 0.312. The number of aromatic nitrogens is 4. The van der Waals surface area contributed by atoms with Crippen LogP contribution in [0, 0.1) is 17.2 Å². The van der Waals surface area contributed by atoms with Crippen LogP contribution in [0.5, 0.6) is 0 Å². The maximum absolute atomic E-state index is 13.3. The molecule has 4 aromatic rings. The Labute approximate surface area is 203 Å². The topological polar surface area (TPSA) is 91.7 Å². The summed E-state index contributed by atoms with van der Waals surface area (Å²) in [5.41, 5.74) is 1.37. The fourth-order valence-electron chi connectivity index (χ4n) is 3.86. The molecule has 3 heterocycles. The lowest BCUT2D eigenvalue weighted by atomic mass is 10.1. The van der Waals surface area contributed by atoms with Gasteiger partial charge in [0.15, 0.2) is 5.58 Å². The second kappa shape index (κ2) is 8.82. The molecule has 1 aliphatic rings. The second-order valence-electron chi connectivity index (χ2n) is 8.40. The van der Waals surface area contributed by atoms with Gasteiger partial charge in [0.25, 0.3) is 6.01 Å². The summed E-state index contributed by atoms with van der Waals surface area (Å²) in [6.07, 6.45) is 2.06. The summed E-state index contributed by atoms with van der Waals surface area (Å²) in [7, 11) is 0. The molecule has 3 aromatic heterocycles. The van der Waals surface area contributed by atoms with E-state index in [1.807, 2.05) is 17.9 Å². The first-order chi connectivity index (χ1) is 16.7. The SMILES string of the molecule is CC(c1nccnc1-c1ccc(C#N)cn1)N(CC1CC1)c1nc2cc(C(F)(F)F)c(Cl)cc2o1. The summed E-state index contributed by atoms with van der Waals surface area (Å²) in [4.78, 5) is 19.6. The summed E-state index contributed by atoms with van der Waals surface area (Å²) in [5, 5.41) is 8.61. The molecule has 1 aliphatic carbocycles. The molecule has 35 heavy (non-hydrogen) atoms. The van der Waals surface area contributed by atoms with Crippen LogP contribution in [-0.2, 0) is 6.18 Å². The Kier molecular flexibility index (Phi) is 5.81. The van der Waals surface area contributed by atoms with Crippen molar-refractivity contribution >= 4 is 28.7 Å². The molecule has 5 rings (SSSR count). The standard InChI is InChI=1S/C24H18ClF3N6O/c1-13(21-22(31-7-6-30-21)18-5-4-15(10-29)11-32-18)34(12-14-2-3-14)23-33-19-8-16(24(26,27)28)17(25)9-20(19)35-23/h4-9,11,13-14H,2-3,12H2,1H3. The van der Waals surface area contributed by atoms with E-state index in [0.717, 1.165) is 25.0 Å². The van der Waals surface area contributed by atoms with Crippen molar-refractivity contribution in [3.63, 3.8) is 0 Å². The average molecular weight is 499 g/mol. The Bertz CT molecular complexity index is 1430. The lowest BCUT2D eigenvalue weighted by molar-refractivity contribution is -0.137. The van der Waals surface area contributed by atoms with Gasteiger partial charge in [0.05, 0.1) is 33.6 Å². The van der Waals surface area contributed by atoms with Gasteiger partial charge in [-0.1, -0.05) is 11.6 Å². The smallest absolute Gasteiger partial charge is 0.417 e. The Morgan fingerprint density at radius 3 is 2.63 bits per heavy atom. The van der Waals surface area contributed by atoms with Crippen LogP contribution in [0.3, 0.4) is 0 Å². The minimum atomic E-state index is -4.60. The molecule has 1 fully saturated rings. The number of anilines is 1. The van der Waals surface area contributed by atoms with Gasteiger partial charge in [-0.2, -0.15) is 23.4 Å². The van der Waals surface area contributed by atoms with Crippen LogP contribution < -0.4 is 4.90 Å². The number of halogens is 4. The molecule has 1 unspecified atom stereocenters. The first-order valence-electron chi connectivity index (χ1n) is 10.9. The van der Waals surface area contributed by atoms with E-state index in [9.17, 15) is 13.2 Å². The summed E-state index contributed by atoms with van der Waals surface area (Å²) >= 11 is 5.87. The minimum Gasteiger partial charge on any atom is -0.423 e. The van der Waals surface area contributed by atoms with Crippen LogP contribution in [0.2, 0.25) is 5.02 Å². The predicted octanol–water partition coefficient (Wildman–Crippen LogP) is 6.20. The molecule has 0 radical (unpaired) electrons. The zero-order valence-electron chi connectivity index (χ0n) is 18.4. The van der Waals surface area contributed by atoms with E-state index >= 15 is 0 Å². The lowest BCUT2D eigenvalue weighted by Crippen LogP contribution is -2.30. The van der Waals surface area contributed by atoms with E-state index in [1.165, 1.54) is 6.20 Å². The molecule has 0 N–H and O–H groups in total. The molecular formula is C24H18ClF3N6O. The van der Waals surface area contributed by atoms with Crippen molar-refractivity contribution in [2.45, 2.75) is 32.0 Å². The Morgan fingerprint density at radius 1 is 1.20 bits per heavy atom. The minimum absolute atomic E-state index is 0.0675. The molecule has 11 heteroatoms. The average Bonchev–Trinajstić information content (AvgIpc) is 3.58. The van der Waals surface area contributed by atoms with Crippen molar-refractivity contribution < 1.29 is 17.6 Å². The van der Waals surface area contributed by atoms with E-state index in [4.69, 9.17) is 21.3 Å². The Hall–Kier alpha value is -3.71. The van der Waals surface area contributed by atoms with Crippen LogP contribution in [0.4, 0.5) is 19.2 Å². The summed E-state index contributed by atoms with van der Waals surface area (Å²) in [5.74, 6) is 0.412. The molecule has 178 valence electrons. The van der Waals surface area contributed by atoms with E-state index in [2.05, 4.69) is 19.9 Å². The second-order valence-corrected chi connectivity index (χ2v) is 8.81. The van der Waals surface area contributed by atoms with Gasteiger partial charge in [0.1, 0.15) is 17.3 Å². The van der Waals surface area contributed by atoms with Gasteiger partial charge in [-0.3, -0.25) is 15.0 Å². The fraction of sp³-hybridized carbons (Fsp3) is 0.292. The highest BCUT2D eigenvalue weighted by molar-refractivity contribution is 6.32. The lowest BCUT2D eigenvalue weighted by Gasteiger charge is -2.28. The molecule has 1 atom stereocenters. The Morgan fingerprint density at radius 2 is 1.97 bits per heavy atom. The van der Waals surface area contributed by atoms with Crippen molar-refractivity contribution in [3.8, 4) is 17.5 Å². The van der Waals surface area contributed by atoms with Crippen molar-refractivity contribution in [1.82, 2.24) is 19.9 Å². The zero-order chi connectivity index (χ0) is 24.7. The number of fused-ring (bicyclic) bond motifs is 1. The molecule has 1 aromatic carbocycles. The number of nitriles is 1. The van der Waals surface area contributed by atoms with Gasteiger partial charge in [-0.25, -0.2) is 0 Å². The third-order valence-corrected chi connectivity index (χ3v) is 6.21. The predicted molar refractivity (Wildman–Crippen MR) is 122 cm³/mol. The fourth-order valence-corrected chi connectivity index (χ4v) is 4.12. The van der Waals surface area contributed by atoms with Crippen molar-refractivity contribution in [2.24, 2.45) is 5.92 Å². The normalized spacial score (nSPS) is 14.6. The number of hydrogen-bond acceptors (Lipinski definition) is 7. The van der Waals surface area contributed by atoms with Gasteiger partial charge >= 0.3 is 6.18 Å². The number of benzene rings is 1. The van der Waals surface area contributed by atoms with Gasteiger partial charge in [0.2, 0.25) is 0 Å². The van der Waals surface area contributed by atoms with Gasteiger partial charge in [0, 0.05) is 31.2 Å². The summed E-state index contributed by atoms with van der Waals surface area (Å²) in [6.45, 7) is 2.49. The maximum Gasteiger partial charge on any atom is 0.417 e. The molecular weight excluding hydrogens is 481 g/mol. The first-order valence-corrected chi connectivity index (χ1v) is 11.2. The molecule has 1 saturated carbocycles. The number of nitrogens with zero attached hydrogens (tertiary/aromatic N) is 6. The monoisotopic (exact) mass is 498 g/mol. The number of hydrogen-bond donors (Lipinski definition) is 0.